The Bertz CT molecular complexity index is 1320. The van der Waals surface area contributed by atoms with E-state index in [4.69, 9.17) is 21.0 Å². The lowest BCUT2D eigenvalue weighted by Gasteiger charge is -2.40. The van der Waals surface area contributed by atoms with Crippen molar-refractivity contribution in [1.29, 1.82) is 21.0 Å². The Morgan fingerprint density at radius 2 is 0.970 bits per heavy atom. The quantitative estimate of drug-likeness (QED) is 0.370. The molecule has 0 saturated carbocycles. The maximum absolute atomic E-state index is 12.5. The summed E-state index contributed by atoms with van der Waals surface area (Å²) in [6.45, 7) is 1.06. The molecule has 0 heterocycles. The Labute approximate surface area is 179 Å². The van der Waals surface area contributed by atoms with E-state index in [0.717, 1.165) is 6.92 Å². The number of aryl methyl sites for hydroxylation is 1. The zero-order valence-corrected chi connectivity index (χ0v) is 17.4. The maximum Gasteiger partial charge on any atom is 0.310 e. The molecule has 2 aromatic rings. The minimum atomic E-state index is -9.81. The number of hydrogen-bond acceptors (Lipinski definition) is 4. The molecule has 0 bridgehead atoms. The molecule has 178 valence electrons. The third-order valence-corrected chi connectivity index (χ3v) is 5.94. The Morgan fingerprint density at radius 3 is 1.33 bits per heavy atom. The van der Waals surface area contributed by atoms with Gasteiger partial charge in [-0.25, -0.2) is 0 Å². The summed E-state index contributed by atoms with van der Waals surface area (Å²) in [4.78, 5) is -4.33. The van der Waals surface area contributed by atoms with Gasteiger partial charge in [0, 0.05) is 0 Å². The molecule has 2 aromatic carbocycles. The molecule has 0 atom stereocenters. The molecular formula is C17H8F10N4S2. The third kappa shape index (κ3) is 6.94. The van der Waals surface area contributed by atoms with Gasteiger partial charge in [-0.1, -0.05) is 38.9 Å². The predicted molar refractivity (Wildman–Crippen MR) is 99.3 cm³/mol. The van der Waals surface area contributed by atoms with Gasteiger partial charge in [0.25, 0.3) is 0 Å². The number of halogens is 10. The van der Waals surface area contributed by atoms with Crippen LogP contribution in [0.25, 0.3) is 0 Å². The van der Waals surface area contributed by atoms with Crippen LogP contribution < -0.4 is 0 Å². The van der Waals surface area contributed by atoms with Crippen LogP contribution in [0, 0.1) is 52.2 Å². The van der Waals surface area contributed by atoms with Crippen molar-refractivity contribution in [1.82, 2.24) is 0 Å². The maximum atomic E-state index is 12.5. The van der Waals surface area contributed by atoms with Crippen LogP contribution in [0.5, 0.6) is 0 Å². The summed E-state index contributed by atoms with van der Waals surface area (Å²) in [7, 11) is -19.6. The standard InChI is InChI=1S/C9H5F5N2S.C8H3F5N2S/c1-6-2-8(17(10,11,12,13)14)3-7(4-15)9(6)5-16;9-16(10,11,12,13)8-2-1-6(4-14)7(3-8)5-15/h2-3H,1H3;1-3H. The van der Waals surface area contributed by atoms with E-state index in [2.05, 4.69) is 0 Å². The van der Waals surface area contributed by atoms with Gasteiger partial charge < -0.3 is 0 Å². The van der Waals surface area contributed by atoms with Crippen LogP contribution in [0.2, 0.25) is 0 Å². The first-order valence-electron chi connectivity index (χ1n) is 7.74. The molecule has 2 rings (SSSR count). The fourth-order valence-corrected chi connectivity index (χ4v) is 3.57. The van der Waals surface area contributed by atoms with Gasteiger partial charge in [0.2, 0.25) is 0 Å². The summed E-state index contributed by atoms with van der Waals surface area (Å²) in [5, 5.41) is 33.9. The number of rotatable bonds is 2. The lowest BCUT2D eigenvalue weighted by atomic mass is 10.0. The summed E-state index contributed by atoms with van der Waals surface area (Å²) >= 11 is 0. The molecule has 0 N–H and O–H groups in total. The SMILES string of the molecule is Cc1cc(S(F)(F)(F)(F)F)cc(C#N)c1C#N.N#Cc1ccc(S(F)(F)(F)(F)F)cc1C#N. The highest BCUT2D eigenvalue weighted by Gasteiger charge is 2.66. The van der Waals surface area contributed by atoms with Gasteiger partial charge in [-0.2, -0.15) is 21.0 Å². The average molecular weight is 522 g/mol. The molecule has 0 aliphatic heterocycles. The molecule has 4 nitrogen and oxygen atoms in total. The van der Waals surface area contributed by atoms with Crippen molar-refractivity contribution in [3.05, 3.63) is 58.1 Å². The van der Waals surface area contributed by atoms with Crippen molar-refractivity contribution in [2.75, 3.05) is 0 Å². The summed E-state index contributed by atoms with van der Waals surface area (Å²) in [6, 6.07) is 6.30. The first kappa shape index (κ1) is 27.4. The van der Waals surface area contributed by atoms with Gasteiger partial charge in [-0.3, -0.25) is 0 Å². The van der Waals surface area contributed by atoms with E-state index in [1.165, 1.54) is 24.3 Å². The van der Waals surface area contributed by atoms with E-state index in [1.807, 2.05) is 0 Å². The second kappa shape index (κ2) is 6.70. The second-order valence-electron chi connectivity index (χ2n) is 6.26. The van der Waals surface area contributed by atoms with Crippen molar-refractivity contribution in [2.45, 2.75) is 16.7 Å². The van der Waals surface area contributed by atoms with Crippen LogP contribution in [0.4, 0.5) is 38.9 Å². The topological polar surface area (TPSA) is 95.2 Å². The summed E-state index contributed by atoms with van der Waals surface area (Å²) in [5.74, 6) is 0. The summed E-state index contributed by atoms with van der Waals surface area (Å²) in [6.07, 6.45) is 0. The highest BCUT2D eigenvalue weighted by atomic mass is 32.5. The zero-order valence-electron chi connectivity index (χ0n) is 15.8. The predicted octanol–water partition coefficient (Wildman–Crippen LogP) is 8.48. The van der Waals surface area contributed by atoms with Crippen LogP contribution in [0.3, 0.4) is 0 Å². The van der Waals surface area contributed by atoms with E-state index >= 15 is 0 Å². The third-order valence-electron chi connectivity index (χ3n) is 3.66. The fraction of sp³-hybridized carbons (Fsp3) is 0.0588. The molecule has 0 radical (unpaired) electrons. The van der Waals surface area contributed by atoms with Gasteiger partial charge in [0.05, 0.1) is 22.3 Å². The monoisotopic (exact) mass is 522 g/mol. The molecule has 0 aliphatic carbocycles. The number of nitriles is 4. The fourth-order valence-electron chi connectivity index (χ4n) is 2.17. The number of hydrogen-bond donors (Lipinski definition) is 0. The van der Waals surface area contributed by atoms with Crippen LogP contribution in [-0.2, 0) is 0 Å². The van der Waals surface area contributed by atoms with Crippen molar-refractivity contribution in [2.24, 2.45) is 0 Å². The highest BCUT2D eigenvalue weighted by Crippen LogP contribution is 3.02. The van der Waals surface area contributed by atoms with Crippen molar-refractivity contribution < 1.29 is 38.9 Å². The van der Waals surface area contributed by atoms with Gasteiger partial charge in [-0.05, 0) is 42.8 Å². The van der Waals surface area contributed by atoms with Crippen LogP contribution in [0.15, 0.2) is 40.1 Å². The second-order valence-corrected chi connectivity index (χ2v) is 11.1. The average Bonchev–Trinajstić information content (AvgIpc) is 2.63. The number of benzene rings is 2. The molecule has 0 amide bonds. The van der Waals surface area contributed by atoms with Crippen LogP contribution in [0.1, 0.15) is 27.8 Å². The summed E-state index contributed by atoms with van der Waals surface area (Å²) in [5.41, 5.74) is -2.47. The first-order valence-corrected chi connectivity index (χ1v) is 11.6. The van der Waals surface area contributed by atoms with E-state index in [-0.39, 0.29) is 41.0 Å². The minimum Gasteiger partial charge on any atom is -0.192 e. The molecule has 0 aliphatic rings. The van der Waals surface area contributed by atoms with Crippen LogP contribution in [-0.4, -0.2) is 0 Å². The smallest absolute Gasteiger partial charge is 0.192 e. The van der Waals surface area contributed by atoms with E-state index in [9.17, 15) is 38.9 Å². The molecule has 0 aromatic heterocycles. The van der Waals surface area contributed by atoms with E-state index in [1.54, 1.807) is 0 Å². The Kier molecular flexibility index (Phi) is 5.57. The van der Waals surface area contributed by atoms with Crippen molar-refractivity contribution in [3.63, 3.8) is 0 Å². The normalized spacial score (nSPS) is 15.4. The van der Waals surface area contributed by atoms with Gasteiger partial charge in [0.15, 0.2) is 0 Å². The molecule has 0 spiro atoms. The lowest BCUT2D eigenvalue weighted by molar-refractivity contribution is 0.360. The largest absolute Gasteiger partial charge is 0.310 e. The molecular weight excluding hydrogens is 514 g/mol. The first-order chi connectivity index (χ1) is 14.4. The van der Waals surface area contributed by atoms with Crippen LogP contribution >= 0.6 is 20.4 Å². The molecule has 0 saturated heterocycles. The van der Waals surface area contributed by atoms with Crippen molar-refractivity contribution >= 4 is 20.4 Å². The molecule has 0 unspecified atom stereocenters. The zero-order chi connectivity index (χ0) is 26.2. The Balaban J connectivity index is 0.000000331. The highest BCUT2D eigenvalue weighted by molar-refractivity contribution is 8.46. The lowest BCUT2D eigenvalue weighted by Crippen LogP contribution is -2.07. The van der Waals surface area contributed by atoms with E-state index < -0.39 is 41.4 Å². The molecule has 16 heteroatoms. The molecule has 0 fully saturated rings. The van der Waals surface area contributed by atoms with Gasteiger partial charge >= 0.3 is 20.4 Å². The minimum absolute atomic E-state index is 0.00705. The Morgan fingerprint density at radius 1 is 0.545 bits per heavy atom. The Hall–Kier alpha value is -3.60. The summed E-state index contributed by atoms with van der Waals surface area (Å²) < 4.78 is 124. The van der Waals surface area contributed by atoms with E-state index in [0.29, 0.717) is 6.07 Å². The molecule has 33 heavy (non-hydrogen) atoms. The number of nitrogens with zero attached hydrogens (tertiary/aromatic N) is 4. The van der Waals surface area contributed by atoms with Gasteiger partial charge in [0.1, 0.15) is 34.1 Å². The van der Waals surface area contributed by atoms with Gasteiger partial charge in [-0.15, -0.1) is 0 Å². The van der Waals surface area contributed by atoms with Crippen molar-refractivity contribution in [3.8, 4) is 24.3 Å².